The summed E-state index contributed by atoms with van der Waals surface area (Å²) in [4.78, 5) is 17.2. The summed E-state index contributed by atoms with van der Waals surface area (Å²) in [6.07, 6.45) is 0.918. The Bertz CT molecular complexity index is 955. The highest BCUT2D eigenvalue weighted by molar-refractivity contribution is 6.07. The number of phenolic OH excluding ortho intramolecular Hbond substituents is 1. The normalized spacial score (nSPS) is 25.9. The van der Waals surface area contributed by atoms with Gasteiger partial charge in [-0.05, 0) is 55.6 Å². The summed E-state index contributed by atoms with van der Waals surface area (Å²) in [7, 11) is 1.86. The third-order valence-electron chi connectivity index (χ3n) is 6.96. The van der Waals surface area contributed by atoms with Gasteiger partial charge in [-0.3, -0.25) is 10.1 Å². The van der Waals surface area contributed by atoms with Gasteiger partial charge in [0.25, 0.3) is 0 Å². The quantitative estimate of drug-likeness (QED) is 0.768. The molecule has 2 N–H and O–H groups in total. The molecule has 5 nitrogen and oxygen atoms in total. The average Bonchev–Trinajstić information content (AvgIpc) is 2.92. The fourth-order valence-electron chi connectivity index (χ4n) is 5.43. The maximum absolute atomic E-state index is 14.6. The minimum Gasteiger partial charge on any atom is -0.507 e. The Morgan fingerprint density at radius 1 is 1.17 bits per heavy atom. The van der Waals surface area contributed by atoms with Crippen molar-refractivity contribution in [1.82, 2.24) is 10.2 Å². The zero-order valence-electron chi connectivity index (χ0n) is 16.6. The van der Waals surface area contributed by atoms with Crippen molar-refractivity contribution in [2.45, 2.75) is 37.0 Å². The largest absolute Gasteiger partial charge is 0.507 e. The molecule has 152 valence electrons. The van der Waals surface area contributed by atoms with Gasteiger partial charge in [0, 0.05) is 30.9 Å². The molecule has 2 aromatic rings. The van der Waals surface area contributed by atoms with E-state index in [1.54, 1.807) is 11.0 Å². The third-order valence-corrected chi connectivity index (χ3v) is 6.96. The summed E-state index contributed by atoms with van der Waals surface area (Å²) in [6, 6.07) is 13.3. The van der Waals surface area contributed by atoms with Crippen LogP contribution in [0.3, 0.4) is 0 Å². The van der Waals surface area contributed by atoms with Crippen LogP contribution in [0.25, 0.3) is 0 Å². The number of fused-ring (bicyclic) bond motifs is 3. The Kier molecular flexibility index (Phi) is 4.37. The molecule has 3 aliphatic rings. The summed E-state index contributed by atoms with van der Waals surface area (Å²) in [5, 5.41) is 13.0. The molecule has 1 saturated heterocycles. The van der Waals surface area contributed by atoms with Crippen molar-refractivity contribution in [2.75, 3.05) is 31.6 Å². The molecule has 0 aliphatic carbocycles. The van der Waals surface area contributed by atoms with Crippen LogP contribution in [0, 0.1) is 0 Å². The number of hydrogen-bond acceptors (Lipinski definition) is 4. The van der Waals surface area contributed by atoms with E-state index < -0.39 is 11.7 Å². The average molecular weight is 395 g/mol. The van der Waals surface area contributed by atoms with Crippen LogP contribution in [0.15, 0.2) is 42.5 Å². The van der Waals surface area contributed by atoms with Crippen LogP contribution in [0.2, 0.25) is 0 Å². The lowest BCUT2D eigenvalue weighted by Crippen LogP contribution is -2.52. The standard InChI is InChI=1S/C23H26FN3O2/c1-26-18-7-3-2-6-17(18)23(22(26)29)9-11-27(12-10-23)14-16-13-15-5-4-8-19(28)20(15)21(24)25-16/h2-8,16,21,25,28H,9-14H2,1H3. The number of rotatable bonds is 2. The number of para-hydroxylation sites is 1. The van der Waals surface area contributed by atoms with Crippen molar-refractivity contribution in [3.63, 3.8) is 0 Å². The lowest BCUT2D eigenvalue weighted by atomic mass is 9.73. The number of halogens is 1. The second-order valence-electron chi connectivity index (χ2n) is 8.54. The molecule has 0 saturated carbocycles. The fourth-order valence-corrected chi connectivity index (χ4v) is 5.43. The first-order valence-electron chi connectivity index (χ1n) is 10.3. The highest BCUT2D eigenvalue weighted by Crippen LogP contribution is 2.47. The molecule has 0 aromatic heterocycles. The number of carbonyl (C=O) groups is 1. The molecule has 2 atom stereocenters. The number of benzene rings is 2. The molecule has 0 radical (unpaired) electrons. The molecule has 1 fully saturated rings. The lowest BCUT2D eigenvalue weighted by Gasteiger charge is -2.40. The minimum absolute atomic E-state index is 0.0115. The van der Waals surface area contributed by atoms with Crippen LogP contribution in [0.1, 0.15) is 35.8 Å². The Labute approximate surface area is 170 Å². The van der Waals surface area contributed by atoms with Gasteiger partial charge in [-0.25, -0.2) is 4.39 Å². The Balaban J connectivity index is 1.28. The maximum atomic E-state index is 14.6. The van der Waals surface area contributed by atoms with Crippen molar-refractivity contribution in [3.8, 4) is 5.75 Å². The van der Waals surface area contributed by atoms with E-state index in [9.17, 15) is 14.3 Å². The highest BCUT2D eigenvalue weighted by Gasteiger charge is 2.50. The first-order chi connectivity index (χ1) is 14.0. The predicted octanol–water partition coefficient (Wildman–Crippen LogP) is 2.88. The number of alkyl halides is 1. The topological polar surface area (TPSA) is 55.8 Å². The van der Waals surface area contributed by atoms with E-state index in [1.807, 2.05) is 31.3 Å². The lowest BCUT2D eigenvalue weighted by molar-refractivity contribution is -0.124. The van der Waals surface area contributed by atoms with Crippen LogP contribution in [0.4, 0.5) is 10.1 Å². The number of anilines is 1. The number of likely N-dealkylation sites (N-methyl/N-ethyl adjacent to an activating group) is 1. The third kappa shape index (κ3) is 2.85. The van der Waals surface area contributed by atoms with Crippen molar-refractivity contribution < 1.29 is 14.3 Å². The minimum atomic E-state index is -1.35. The first-order valence-corrected chi connectivity index (χ1v) is 10.3. The summed E-state index contributed by atoms with van der Waals surface area (Å²) in [5.41, 5.74) is 3.00. The molecule has 6 heteroatoms. The van der Waals surface area contributed by atoms with Gasteiger partial charge in [0.15, 0.2) is 6.30 Å². The number of hydrogen-bond donors (Lipinski definition) is 2. The fraction of sp³-hybridized carbons (Fsp3) is 0.435. The second kappa shape index (κ2) is 6.82. The van der Waals surface area contributed by atoms with Gasteiger partial charge < -0.3 is 14.9 Å². The first kappa shape index (κ1) is 18.6. The van der Waals surface area contributed by atoms with Crippen LogP contribution in [-0.2, 0) is 16.6 Å². The molecule has 1 amide bonds. The van der Waals surface area contributed by atoms with Gasteiger partial charge in [0.1, 0.15) is 5.75 Å². The number of nitrogens with one attached hydrogen (secondary N) is 1. The number of carbonyl (C=O) groups excluding carboxylic acids is 1. The molecule has 2 aromatic carbocycles. The zero-order valence-corrected chi connectivity index (χ0v) is 16.6. The summed E-state index contributed by atoms with van der Waals surface area (Å²) >= 11 is 0. The smallest absolute Gasteiger partial charge is 0.237 e. The van der Waals surface area contributed by atoms with Gasteiger partial charge in [-0.15, -0.1) is 0 Å². The number of likely N-dealkylation sites (tertiary alicyclic amines) is 1. The van der Waals surface area contributed by atoms with Crippen molar-refractivity contribution in [3.05, 3.63) is 59.2 Å². The number of phenols is 1. The monoisotopic (exact) mass is 395 g/mol. The highest BCUT2D eigenvalue weighted by atomic mass is 19.1. The number of aromatic hydroxyl groups is 1. The van der Waals surface area contributed by atoms with E-state index in [4.69, 9.17) is 0 Å². The molecular formula is C23H26FN3O2. The molecule has 2 unspecified atom stereocenters. The van der Waals surface area contributed by atoms with Crippen LogP contribution in [0.5, 0.6) is 5.75 Å². The molecule has 3 heterocycles. The van der Waals surface area contributed by atoms with Crippen molar-refractivity contribution in [2.24, 2.45) is 0 Å². The van der Waals surface area contributed by atoms with E-state index in [0.717, 1.165) is 49.3 Å². The number of piperidine rings is 1. The number of nitrogens with zero attached hydrogens (tertiary/aromatic N) is 2. The summed E-state index contributed by atoms with van der Waals surface area (Å²) in [5.74, 6) is 0.214. The van der Waals surface area contributed by atoms with Gasteiger partial charge in [0.2, 0.25) is 5.91 Å². The Morgan fingerprint density at radius 2 is 1.93 bits per heavy atom. The van der Waals surface area contributed by atoms with Crippen molar-refractivity contribution >= 4 is 11.6 Å². The van der Waals surface area contributed by atoms with E-state index in [0.29, 0.717) is 12.0 Å². The SMILES string of the molecule is CN1C(=O)C2(CCN(CC3Cc4cccc(O)c4C(F)N3)CC2)c2ccccc21. The molecule has 0 bridgehead atoms. The van der Waals surface area contributed by atoms with Gasteiger partial charge in [-0.1, -0.05) is 30.3 Å². The summed E-state index contributed by atoms with van der Waals surface area (Å²) < 4.78 is 14.6. The van der Waals surface area contributed by atoms with E-state index in [2.05, 4.69) is 16.3 Å². The van der Waals surface area contributed by atoms with Gasteiger partial charge in [0.05, 0.1) is 5.41 Å². The van der Waals surface area contributed by atoms with Crippen molar-refractivity contribution in [1.29, 1.82) is 0 Å². The van der Waals surface area contributed by atoms with Crippen LogP contribution >= 0.6 is 0 Å². The molecular weight excluding hydrogens is 369 g/mol. The van der Waals surface area contributed by atoms with Crippen LogP contribution in [-0.4, -0.2) is 48.6 Å². The van der Waals surface area contributed by atoms with Gasteiger partial charge >= 0.3 is 0 Å². The molecule has 29 heavy (non-hydrogen) atoms. The molecule has 1 spiro atoms. The van der Waals surface area contributed by atoms with Crippen LogP contribution < -0.4 is 10.2 Å². The van der Waals surface area contributed by atoms with E-state index in [1.165, 1.54) is 6.07 Å². The predicted molar refractivity (Wildman–Crippen MR) is 110 cm³/mol. The number of amides is 1. The zero-order chi connectivity index (χ0) is 20.2. The molecule has 3 aliphatic heterocycles. The molecule has 5 rings (SSSR count). The van der Waals surface area contributed by atoms with E-state index in [-0.39, 0.29) is 17.7 Å². The Hall–Kier alpha value is -2.44. The second-order valence-corrected chi connectivity index (χ2v) is 8.54. The van der Waals surface area contributed by atoms with Gasteiger partial charge in [-0.2, -0.15) is 0 Å². The maximum Gasteiger partial charge on any atom is 0.237 e. The summed E-state index contributed by atoms with van der Waals surface area (Å²) in [6.45, 7) is 2.36. The Morgan fingerprint density at radius 3 is 2.72 bits per heavy atom. The van der Waals surface area contributed by atoms with E-state index >= 15 is 0 Å².